The fraction of sp³-hybridized carbons (Fsp3) is 0.350. The summed E-state index contributed by atoms with van der Waals surface area (Å²) in [4.78, 5) is 24.9. The van der Waals surface area contributed by atoms with Crippen molar-refractivity contribution in [2.75, 3.05) is 13.2 Å². The smallest absolute Gasteiger partial charge is 0.318 e. The number of hydrogen-bond acceptors (Lipinski definition) is 4. The number of non-ortho nitro benzene ring substituents is 1. The van der Waals surface area contributed by atoms with Gasteiger partial charge in [-0.2, -0.15) is 0 Å². The summed E-state index contributed by atoms with van der Waals surface area (Å²) >= 11 is 0. The van der Waals surface area contributed by atoms with Crippen molar-refractivity contribution in [3.8, 4) is 0 Å². The summed E-state index contributed by atoms with van der Waals surface area (Å²) in [6.45, 7) is 1.98. The van der Waals surface area contributed by atoms with E-state index in [1.165, 1.54) is 12.1 Å². The Bertz CT molecular complexity index is 776. The van der Waals surface area contributed by atoms with Crippen molar-refractivity contribution in [1.29, 1.82) is 0 Å². The van der Waals surface area contributed by atoms with E-state index in [0.717, 1.165) is 25.0 Å². The molecule has 0 saturated carbocycles. The number of amides is 2. The molecule has 2 aromatic carbocycles. The molecule has 7 heteroatoms. The Morgan fingerprint density at radius 2 is 1.96 bits per heavy atom. The lowest BCUT2D eigenvalue weighted by Gasteiger charge is -2.26. The summed E-state index contributed by atoms with van der Waals surface area (Å²) in [7, 11) is 0. The van der Waals surface area contributed by atoms with Crippen LogP contribution in [0.3, 0.4) is 0 Å². The van der Waals surface area contributed by atoms with Crippen LogP contribution in [0.1, 0.15) is 24.0 Å². The van der Waals surface area contributed by atoms with Crippen LogP contribution >= 0.6 is 0 Å². The molecule has 1 saturated heterocycles. The van der Waals surface area contributed by atoms with Gasteiger partial charge in [0.05, 0.1) is 11.0 Å². The highest BCUT2D eigenvalue weighted by molar-refractivity contribution is 5.74. The summed E-state index contributed by atoms with van der Waals surface area (Å²) in [5.41, 5.74) is 1.75. The van der Waals surface area contributed by atoms with Crippen molar-refractivity contribution in [2.24, 2.45) is 0 Å². The molecule has 0 aromatic heterocycles. The average molecular weight is 369 g/mol. The maximum Gasteiger partial charge on any atom is 0.318 e. The van der Waals surface area contributed by atoms with E-state index in [-0.39, 0.29) is 24.4 Å². The molecule has 2 aromatic rings. The molecule has 0 bridgehead atoms. The SMILES string of the molecule is O=C(NCc1cccc([N+](=O)[O-])c1)N(Cc1ccccc1)CC1CCCO1. The van der Waals surface area contributed by atoms with Crippen molar-refractivity contribution < 1.29 is 14.5 Å². The zero-order valence-electron chi connectivity index (χ0n) is 15.0. The van der Waals surface area contributed by atoms with Crippen molar-refractivity contribution in [3.63, 3.8) is 0 Å². The molecule has 1 N–H and O–H groups in total. The van der Waals surface area contributed by atoms with Crippen LogP contribution in [0.2, 0.25) is 0 Å². The van der Waals surface area contributed by atoms with Crippen LogP contribution in [0.15, 0.2) is 54.6 Å². The minimum atomic E-state index is -0.440. The molecular formula is C20H23N3O4. The van der Waals surface area contributed by atoms with E-state index in [4.69, 9.17) is 4.74 Å². The predicted molar refractivity (Wildman–Crippen MR) is 101 cm³/mol. The number of carbonyl (C=O) groups is 1. The van der Waals surface area contributed by atoms with Crippen LogP contribution in [-0.4, -0.2) is 35.1 Å². The van der Waals surface area contributed by atoms with E-state index in [1.54, 1.807) is 17.0 Å². The molecule has 1 aliphatic heterocycles. The molecule has 142 valence electrons. The Labute approximate surface area is 158 Å². The Kier molecular flexibility index (Phi) is 6.38. The van der Waals surface area contributed by atoms with Crippen molar-refractivity contribution in [2.45, 2.75) is 32.0 Å². The Balaban J connectivity index is 1.64. The summed E-state index contributed by atoms with van der Waals surface area (Å²) in [5.74, 6) is 0. The maximum absolute atomic E-state index is 12.8. The van der Waals surface area contributed by atoms with Crippen molar-refractivity contribution in [3.05, 3.63) is 75.8 Å². The molecule has 27 heavy (non-hydrogen) atoms. The lowest BCUT2D eigenvalue weighted by molar-refractivity contribution is -0.384. The van der Waals surface area contributed by atoms with E-state index in [1.807, 2.05) is 30.3 Å². The Morgan fingerprint density at radius 1 is 1.19 bits per heavy atom. The number of hydrogen-bond donors (Lipinski definition) is 1. The van der Waals surface area contributed by atoms with Crippen LogP contribution in [-0.2, 0) is 17.8 Å². The van der Waals surface area contributed by atoms with Gasteiger partial charge in [0.1, 0.15) is 0 Å². The second-order valence-electron chi connectivity index (χ2n) is 6.59. The van der Waals surface area contributed by atoms with Gasteiger partial charge < -0.3 is 15.0 Å². The number of urea groups is 1. The van der Waals surface area contributed by atoms with Crippen molar-refractivity contribution >= 4 is 11.7 Å². The second-order valence-corrected chi connectivity index (χ2v) is 6.59. The zero-order valence-corrected chi connectivity index (χ0v) is 15.0. The topological polar surface area (TPSA) is 84.7 Å². The standard InChI is InChI=1S/C20H23N3O4/c24-20(21-13-17-8-4-9-18(12-17)23(25)26)22(15-19-10-5-11-27-19)14-16-6-2-1-3-7-16/h1-4,6-9,12,19H,5,10-11,13-15H2,(H,21,24). The molecular weight excluding hydrogens is 346 g/mol. The number of nitro groups is 1. The first-order valence-corrected chi connectivity index (χ1v) is 9.03. The molecule has 1 unspecified atom stereocenters. The Morgan fingerprint density at radius 3 is 2.67 bits per heavy atom. The first-order valence-electron chi connectivity index (χ1n) is 9.03. The third kappa shape index (κ3) is 5.52. The van der Waals surface area contributed by atoms with E-state index < -0.39 is 4.92 Å². The van der Waals surface area contributed by atoms with E-state index >= 15 is 0 Å². The summed E-state index contributed by atoms with van der Waals surface area (Å²) in [5, 5.41) is 13.8. The number of nitrogens with zero attached hydrogens (tertiary/aromatic N) is 2. The van der Waals surface area contributed by atoms with E-state index in [9.17, 15) is 14.9 Å². The second kappa shape index (κ2) is 9.14. The number of benzene rings is 2. The zero-order chi connectivity index (χ0) is 19.1. The van der Waals surface area contributed by atoms with Crippen LogP contribution < -0.4 is 5.32 Å². The van der Waals surface area contributed by atoms with Gasteiger partial charge in [-0.3, -0.25) is 10.1 Å². The third-order valence-corrected chi connectivity index (χ3v) is 4.52. The normalized spacial score (nSPS) is 16.1. The first-order chi connectivity index (χ1) is 13.1. The van der Waals surface area contributed by atoms with Crippen molar-refractivity contribution in [1.82, 2.24) is 10.2 Å². The van der Waals surface area contributed by atoms with Crippen LogP contribution in [0.25, 0.3) is 0 Å². The molecule has 3 rings (SSSR count). The largest absolute Gasteiger partial charge is 0.376 e. The molecule has 1 heterocycles. The van der Waals surface area contributed by atoms with E-state index in [0.29, 0.717) is 18.7 Å². The highest BCUT2D eigenvalue weighted by Gasteiger charge is 2.22. The molecule has 0 spiro atoms. The van der Waals surface area contributed by atoms with Gasteiger partial charge >= 0.3 is 6.03 Å². The first kappa shape index (κ1) is 18.8. The third-order valence-electron chi connectivity index (χ3n) is 4.52. The minimum Gasteiger partial charge on any atom is -0.376 e. The molecule has 0 radical (unpaired) electrons. The highest BCUT2D eigenvalue weighted by atomic mass is 16.6. The number of ether oxygens (including phenoxy) is 1. The fourth-order valence-corrected chi connectivity index (χ4v) is 3.13. The number of carbonyl (C=O) groups excluding carboxylic acids is 1. The summed E-state index contributed by atoms with van der Waals surface area (Å²) < 4.78 is 5.68. The van der Waals surface area contributed by atoms with Gasteiger partial charge in [-0.15, -0.1) is 0 Å². The number of rotatable bonds is 7. The molecule has 7 nitrogen and oxygen atoms in total. The quantitative estimate of drug-likeness (QED) is 0.598. The van der Waals surface area contributed by atoms with E-state index in [2.05, 4.69) is 5.32 Å². The highest BCUT2D eigenvalue weighted by Crippen LogP contribution is 2.16. The van der Waals surface area contributed by atoms with Gasteiger partial charge in [0.2, 0.25) is 0 Å². The summed E-state index contributed by atoms with van der Waals surface area (Å²) in [6, 6.07) is 15.9. The van der Waals surface area contributed by atoms with Crippen LogP contribution in [0.5, 0.6) is 0 Å². The van der Waals surface area contributed by atoms with Gasteiger partial charge in [0.15, 0.2) is 0 Å². The van der Waals surface area contributed by atoms with Crippen LogP contribution in [0, 0.1) is 10.1 Å². The maximum atomic E-state index is 12.8. The van der Waals surface area contributed by atoms with Gasteiger partial charge in [-0.1, -0.05) is 42.5 Å². The lowest BCUT2D eigenvalue weighted by atomic mass is 10.2. The van der Waals surface area contributed by atoms with Gasteiger partial charge in [-0.05, 0) is 24.0 Å². The van der Waals surface area contributed by atoms with Gasteiger partial charge in [0, 0.05) is 38.4 Å². The fourth-order valence-electron chi connectivity index (χ4n) is 3.13. The predicted octanol–water partition coefficient (Wildman–Crippen LogP) is 3.49. The average Bonchev–Trinajstić information content (AvgIpc) is 3.20. The van der Waals surface area contributed by atoms with Gasteiger partial charge in [0.25, 0.3) is 5.69 Å². The summed E-state index contributed by atoms with van der Waals surface area (Å²) in [6.07, 6.45) is 2.01. The molecule has 0 aliphatic carbocycles. The molecule has 1 aliphatic rings. The number of nitrogens with one attached hydrogen (secondary N) is 1. The number of nitro benzene ring substituents is 1. The monoisotopic (exact) mass is 369 g/mol. The lowest BCUT2D eigenvalue weighted by Crippen LogP contribution is -2.43. The molecule has 2 amide bonds. The Hall–Kier alpha value is -2.93. The molecule has 1 atom stereocenters. The van der Waals surface area contributed by atoms with Gasteiger partial charge in [-0.25, -0.2) is 4.79 Å². The minimum absolute atomic E-state index is 0.0160. The molecule has 1 fully saturated rings. The van der Waals surface area contributed by atoms with Crippen LogP contribution in [0.4, 0.5) is 10.5 Å².